The number of hydrogen-bond acceptors (Lipinski definition) is 2. The van der Waals surface area contributed by atoms with Crippen LogP contribution in [0.5, 0.6) is 0 Å². The second-order valence-corrected chi connectivity index (χ2v) is 11.7. The predicted octanol–water partition coefficient (Wildman–Crippen LogP) is 13.3. The van der Waals surface area contributed by atoms with E-state index in [1.54, 1.807) is 0 Å². The first-order chi connectivity index (χ1) is 18.7. The van der Waals surface area contributed by atoms with Gasteiger partial charge in [0.1, 0.15) is 0 Å². The van der Waals surface area contributed by atoms with E-state index in [-0.39, 0.29) is 23.9 Å². The molecule has 39 heavy (non-hydrogen) atoms. The van der Waals surface area contributed by atoms with Gasteiger partial charge in [0.05, 0.1) is 0 Å². The molecule has 0 aromatic heterocycles. The van der Waals surface area contributed by atoms with Gasteiger partial charge in [0, 0.05) is 0 Å². The molecular formula is C36H76S2Sn. The molecule has 3 heteroatoms. The largest absolute Gasteiger partial charge is 2.00 e. The first kappa shape index (κ1) is 50.1. The third-order valence-electron chi connectivity index (χ3n) is 6.70. The molecule has 0 aromatic carbocycles. The molecule has 0 aliphatic carbocycles. The average Bonchev–Trinajstić information content (AvgIpc) is 2.95. The number of hydrogen-bond donors (Lipinski definition) is 0. The summed E-state index contributed by atoms with van der Waals surface area (Å²) in [5.74, 6) is 1.91. The van der Waals surface area contributed by atoms with Gasteiger partial charge in [0.25, 0.3) is 0 Å². The second kappa shape index (κ2) is 59.0. The van der Waals surface area contributed by atoms with Crippen LogP contribution in [0.4, 0.5) is 0 Å². The standard InChI is InChI=1S/2C14H30S.2C4H9.Sn/c2*1-2-3-4-5-6-7-8-9-10-11-12-13-14-15;2*1-3-4-2;/h2*15H,2-14H2,1H3;2*1,3-4H2,2H3;/q;;;;+2/p-2. The van der Waals surface area contributed by atoms with Gasteiger partial charge in [-0.2, -0.15) is 11.5 Å². The fourth-order valence-electron chi connectivity index (χ4n) is 3.89. The van der Waals surface area contributed by atoms with Gasteiger partial charge >= 0.3 is 23.9 Å². The van der Waals surface area contributed by atoms with Gasteiger partial charge in [0.15, 0.2) is 0 Å². The van der Waals surface area contributed by atoms with Gasteiger partial charge in [-0.05, 0) is 0 Å². The Morgan fingerprint density at radius 3 is 0.590 bits per heavy atom. The van der Waals surface area contributed by atoms with Crippen LogP contribution in [0, 0.1) is 13.8 Å². The Balaban J connectivity index is -0.000000152. The van der Waals surface area contributed by atoms with Gasteiger partial charge in [-0.15, -0.1) is 0 Å². The van der Waals surface area contributed by atoms with E-state index in [9.17, 15) is 0 Å². The molecule has 0 unspecified atom stereocenters. The van der Waals surface area contributed by atoms with E-state index in [0.29, 0.717) is 0 Å². The van der Waals surface area contributed by atoms with Crippen molar-refractivity contribution in [1.29, 1.82) is 0 Å². The Morgan fingerprint density at radius 2 is 0.462 bits per heavy atom. The minimum atomic E-state index is 0. The molecule has 0 saturated carbocycles. The Hall–Kier alpha value is 1.50. The smallest absolute Gasteiger partial charge is 0.793 e. The van der Waals surface area contributed by atoms with Gasteiger partial charge in [-0.25, -0.2) is 0 Å². The topological polar surface area (TPSA) is 0 Å². The second-order valence-electron chi connectivity index (χ2n) is 10.9. The van der Waals surface area contributed by atoms with Crippen molar-refractivity contribution in [2.45, 2.75) is 207 Å². The minimum Gasteiger partial charge on any atom is -0.793 e. The molecule has 236 valence electrons. The molecule has 0 aliphatic rings. The van der Waals surface area contributed by atoms with Crippen molar-refractivity contribution >= 4 is 49.2 Å². The van der Waals surface area contributed by atoms with Crippen molar-refractivity contribution in [3.63, 3.8) is 0 Å². The third kappa shape index (κ3) is 73.4. The minimum absolute atomic E-state index is 0. The quantitative estimate of drug-likeness (QED) is 0.0503. The summed E-state index contributed by atoms with van der Waals surface area (Å²) in [6, 6.07) is 0. The summed E-state index contributed by atoms with van der Waals surface area (Å²) in [7, 11) is 0. The molecule has 0 rings (SSSR count). The molecule has 0 nitrogen and oxygen atoms in total. The SMILES string of the molecule is CCCCCCCCCCCCCC[S-].CCCCCCCCCCCCCC[S-].[CH2]CCC.[CH2]CCC.[Sn+2]. The van der Waals surface area contributed by atoms with E-state index in [2.05, 4.69) is 41.5 Å². The summed E-state index contributed by atoms with van der Waals surface area (Å²) in [5.41, 5.74) is 0. The molecule has 0 fully saturated rings. The van der Waals surface area contributed by atoms with E-state index in [1.807, 2.05) is 0 Å². The normalized spacial score (nSPS) is 9.85. The monoisotopic (exact) mass is 692 g/mol. The van der Waals surface area contributed by atoms with Gasteiger partial charge < -0.3 is 25.3 Å². The van der Waals surface area contributed by atoms with E-state index < -0.39 is 0 Å². The summed E-state index contributed by atoms with van der Waals surface area (Å²) in [6.07, 6.45) is 38.6. The molecule has 0 aromatic rings. The van der Waals surface area contributed by atoms with Crippen LogP contribution in [-0.4, -0.2) is 35.4 Å². The zero-order chi connectivity index (χ0) is 29.2. The van der Waals surface area contributed by atoms with E-state index >= 15 is 0 Å². The van der Waals surface area contributed by atoms with Crippen LogP contribution in [0.2, 0.25) is 0 Å². The van der Waals surface area contributed by atoms with Crippen LogP contribution in [0.1, 0.15) is 207 Å². The maximum atomic E-state index is 4.92. The van der Waals surface area contributed by atoms with Crippen LogP contribution >= 0.6 is 0 Å². The summed E-state index contributed by atoms with van der Waals surface area (Å²) >= 11 is 9.84. The summed E-state index contributed by atoms with van der Waals surface area (Å²) in [6.45, 7) is 16.0. The fourth-order valence-corrected chi connectivity index (χ4v) is 4.29. The van der Waals surface area contributed by atoms with Crippen LogP contribution in [-0.2, 0) is 25.3 Å². The molecular weight excluding hydrogens is 615 g/mol. The van der Waals surface area contributed by atoms with Crippen LogP contribution < -0.4 is 0 Å². The first-order valence-corrected chi connectivity index (χ1v) is 18.6. The van der Waals surface area contributed by atoms with Gasteiger partial charge in [-0.3, -0.25) is 0 Å². The Kier molecular flexibility index (Phi) is 75.9. The Bertz CT molecular complexity index is 254. The van der Waals surface area contributed by atoms with Crippen LogP contribution in [0.25, 0.3) is 0 Å². The molecule has 0 atom stereocenters. The van der Waals surface area contributed by atoms with Crippen LogP contribution in [0.3, 0.4) is 0 Å². The predicted molar refractivity (Wildman–Crippen MR) is 193 cm³/mol. The zero-order valence-corrected chi connectivity index (χ0v) is 32.4. The molecule has 0 spiro atoms. The number of rotatable bonds is 26. The van der Waals surface area contributed by atoms with E-state index in [0.717, 1.165) is 24.3 Å². The molecule has 0 amide bonds. The molecule has 0 N–H and O–H groups in total. The average molecular weight is 692 g/mol. The molecule has 4 radical (unpaired) electrons. The Labute approximate surface area is 280 Å². The third-order valence-corrected chi connectivity index (χ3v) is 7.28. The van der Waals surface area contributed by atoms with Crippen molar-refractivity contribution in [2.24, 2.45) is 0 Å². The van der Waals surface area contributed by atoms with Crippen molar-refractivity contribution in [2.75, 3.05) is 11.5 Å². The maximum Gasteiger partial charge on any atom is 2.00 e. The van der Waals surface area contributed by atoms with Crippen molar-refractivity contribution in [1.82, 2.24) is 0 Å². The first-order valence-electron chi connectivity index (χ1n) is 17.4. The van der Waals surface area contributed by atoms with E-state index in [4.69, 9.17) is 25.3 Å². The van der Waals surface area contributed by atoms with Crippen LogP contribution in [0.15, 0.2) is 0 Å². The summed E-state index contributed by atoms with van der Waals surface area (Å²) in [4.78, 5) is 0. The maximum absolute atomic E-state index is 4.92. The van der Waals surface area contributed by atoms with Gasteiger partial charge in [0.2, 0.25) is 0 Å². The van der Waals surface area contributed by atoms with Crippen molar-refractivity contribution in [3.05, 3.63) is 13.8 Å². The fraction of sp³-hybridized carbons (Fsp3) is 0.944. The zero-order valence-electron chi connectivity index (χ0n) is 27.9. The number of unbranched alkanes of at least 4 members (excludes halogenated alkanes) is 24. The molecule has 0 bridgehead atoms. The molecule has 0 aliphatic heterocycles. The summed E-state index contributed by atoms with van der Waals surface area (Å²) in [5, 5.41) is 0. The van der Waals surface area contributed by atoms with E-state index in [1.165, 1.54) is 167 Å². The van der Waals surface area contributed by atoms with Crippen molar-refractivity contribution < 1.29 is 0 Å². The Morgan fingerprint density at radius 1 is 0.308 bits per heavy atom. The van der Waals surface area contributed by atoms with Crippen molar-refractivity contribution in [3.8, 4) is 0 Å². The molecule has 0 saturated heterocycles. The summed E-state index contributed by atoms with van der Waals surface area (Å²) < 4.78 is 0. The molecule has 0 heterocycles. The van der Waals surface area contributed by atoms with Gasteiger partial charge in [-0.1, -0.05) is 221 Å².